The maximum absolute atomic E-state index is 9.51. The number of hydrogen-bond acceptors (Lipinski definition) is 3. The molecule has 0 spiro atoms. The summed E-state index contributed by atoms with van der Waals surface area (Å²) in [5.74, 6) is 0.192. The third-order valence-corrected chi connectivity index (χ3v) is 4.42. The van der Waals surface area contributed by atoms with Gasteiger partial charge in [0.15, 0.2) is 0 Å². The smallest absolute Gasteiger partial charge is 0.0672 e. The Balaban J connectivity index is 1.84. The molecule has 0 amide bonds. The molecule has 16 heavy (non-hydrogen) atoms. The zero-order chi connectivity index (χ0) is 11.4. The summed E-state index contributed by atoms with van der Waals surface area (Å²) >= 11 is 0. The van der Waals surface area contributed by atoms with Crippen molar-refractivity contribution >= 4 is 0 Å². The molecule has 2 aliphatic rings. The van der Waals surface area contributed by atoms with Crippen molar-refractivity contribution in [2.75, 3.05) is 13.2 Å². The molecule has 3 nitrogen and oxygen atoms in total. The Morgan fingerprint density at radius 3 is 2.62 bits per heavy atom. The summed E-state index contributed by atoms with van der Waals surface area (Å²) in [5.41, 5.74) is 0.114. The van der Waals surface area contributed by atoms with E-state index in [1.807, 2.05) is 0 Å². The van der Waals surface area contributed by atoms with Gasteiger partial charge in [-0.25, -0.2) is 0 Å². The van der Waals surface area contributed by atoms with E-state index in [-0.39, 0.29) is 11.3 Å². The molecule has 0 saturated heterocycles. The minimum atomic E-state index is 0.114. The largest absolute Gasteiger partial charge is 0.396 e. The van der Waals surface area contributed by atoms with Gasteiger partial charge in [0.05, 0.1) is 12.0 Å². The quantitative estimate of drug-likeness (QED) is 0.763. The van der Waals surface area contributed by atoms with Crippen LogP contribution in [0.1, 0.15) is 44.9 Å². The molecule has 0 bridgehead atoms. The lowest BCUT2D eigenvalue weighted by Crippen LogP contribution is -2.41. The minimum Gasteiger partial charge on any atom is -0.396 e. The molecular formula is C13H22N2O. The van der Waals surface area contributed by atoms with Crippen LogP contribution in [0.15, 0.2) is 0 Å². The van der Waals surface area contributed by atoms with E-state index in [4.69, 9.17) is 5.26 Å². The van der Waals surface area contributed by atoms with Crippen LogP contribution < -0.4 is 5.32 Å². The van der Waals surface area contributed by atoms with Crippen molar-refractivity contribution in [2.24, 2.45) is 11.3 Å². The molecule has 2 saturated carbocycles. The number of aliphatic hydroxyl groups is 1. The average molecular weight is 222 g/mol. The Morgan fingerprint density at radius 2 is 2.00 bits per heavy atom. The van der Waals surface area contributed by atoms with Gasteiger partial charge in [0.1, 0.15) is 0 Å². The minimum absolute atomic E-state index is 0.114. The maximum atomic E-state index is 9.51. The second-order valence-electron chi connectivity index (χ2n) is 5.52. The van der Waals surface area contributed by atoms with Crippen LogP contribution in [-0.2, 0) is 0 Å². The number of aliphatic hydroxyl groups excluding tert-OH is 1. The molecule has 2 N–H and O–H groups in total. The molecule has 0 aromatic rings. The number of rotatable bonds is 4. The summed E-state index contributed by atoms with van der Waals surface area (Å²) in [6.07, 6.45) is 8.10. The molecule has 3 heteroatoms. The number of hydrogen-bond donors (Lipinski definition) is 2. The van der Waals surface area contributed by atoms with E-state index in [0.717, 1.165) is 32.2 Å². The van der Waals surface area contributed by atoms with Gasteiger partial charge < -0.3 is 10.4 Å². The standard InChI is InChI=1S/C13H22N2O/c14-8-11-4-3-5-12(11)15-9-13(10-16)6-1-2-7-13/h11-12,15-16H,1-7,9-10H2. The number of nitriles is 1. The Bertz CT molecular complexity index is 266. The van der Waals surface area contributed by atoms with Crippen molar-refractivity contribution in [2.45, 2.75) is 51.0 Å². The fourth-order valence-corrected chi connectivity index (χ4v) is 3.22. The van der Waals surface area contributed by atoms with Crippen molar-refractivity contribution in [1.82, 2.24) is 5.32 Å². The van der Waals surface area contributed by atoms with Crippen LogP contribution in [-0.4, -0.2) is 24.3 Å². The number of nitrogens with zero attached hydrogens (tertiary/aromatic N) is 1. The summed E-state index contributed by atoms with van der Waals surface area (Å²) in [7, 11) is 0. The third-order valence-electron chi connectivity index (χ3n) is 4.42. The first-order chi connectivity index (χ1) is 7.79. The van der Waals surface area contributed by atoms with Crippen LogP contribution in [0, 0.1) is 22.7 Å². The van der Waals surface area contributed by atoms with E-state index >= 15 is 0 Å². The fraction of sp³-hybridized carbons (Fsp3) is 0.923. The molecule has 2 rings (SSSR count). The van der Waals surface area contributed by atoms with Gasteiger partial charge in [-0.1, -0.05) is 19.3 Å². The highest BCUT2D eigenvalue weighted by atomic mass is 16.3. The van der Waals surface area contributed by atoms with Gasteiger partial charge in [-0.3, -0.25) is 0 Å². The molecule has 0 aromatic heterocycles. The molecule has 2 aliphatic carbocycles. The SMILES string of the molecule is N#CC1CCCC1NCC1(CO)CCCC1. The molecule has 2 fully saturated rings. The number of nitrogens with one attached hydrogen (secondary N) is 1. The fourth-order valence-electron chi connectivity index (χ4n) is 3.22. The summed E-state index contributed by atoms with van der Waals surface area (Å²) in [6.45, 7) is 1.19. The Labute approximate surface area is 97.8 Å². The van der Waals surface area contributed by atoms with Crippen molar-refractivity contribution in [1.29, 1.82) is 5.26 Å². The molecule has 0 heterocycles. The highest BCUT2D eigenvalue weighted by Crippen LogP contribution is 2.37. The second kappa shape index (κ2) is 5.16. The normalized spacial score (nSPS) is 32.8. The zero-order valence-corrected chi connectivity index (χ0v) is 9.91. The van der Waals surface area contributed by atoms with Crippen molar-refractivity contribution in [3.8, 4) is 6.07 Å². The van der Waals surface area contributed by atoms with Crippen molar-refractivity contribution in [3.05, 3.63) is 0 Å². The van der Waals surface area contributed by atoms with Crippen molar-refractivity contribution in [3.63, 3.8) is 0 Å². The van der Waals surface area contributed by atoms with Gasteiger partial charge in [0.2, 0.25) is 0 Å². The molecule has 0 radical (unpaired) electrons. The summed E-state index contributed by atoms with van der Waals surface area (Å²) in [6, 6.07) is 2.76. The van der Waals surface area contributed by atoms with Crippen LogP contribution in [0.25, 0.3) is 0 Å². The van der Waals surface area contributed by atoms with Crippen molar-refractivity contribution < 1.29 is 5.11 Å². The van der Waals surface area contributed by atoms with Gasteiger partial charge in [-0.15, -0.1) is 0 Å². The van der Waals surface area contributed by atoms with Gasteiger partial charge in [-0.2, -0.15) is 5.26 Å². The third kappa shape index (κ3) is 2.39. The summed E-state index contributed by atoms with van der Waals surface area (Å²) < 4.78 is 0. The van der Waals surface area contributed by atoms with E-state index in [0.29, 0.717) is 12.6 Å². The lowest BCUT2D eigenvalue weighted by atomic mass is 9.86. The summed E-state index contributed by atoms with van der Waals surface area (Å²) in [4.78, 5) is 0. The lowest BCUT2D eigenvalue weighted by Gasteiger charge is -2.29. The highest BCUT2D eigenvalue weighted by molar-refractivity contribution is 4.98. The molecule has 2 atom stereocenters. The Kier molecular flexibility index (Phi) is 3.83. The van der Waals surface area contributed by atoms with Crippen LogP contribution in [0.3, 0.4) is 0 Å². The Hall–Kier alpha value is -0.590. The first-order valence-corrected chi connectivity index (χ1v) is 6.53. The van der Waals surface area contributed by atoms with Gasteiger partial charge >= 0.3 is 0 Å². The van der Waals surface area contributed by atoms with Gasteiger partial charge in [0.25, 0.3) is 0 Å². The maximum Gasteiger partial charge on any atom is 0.0672 e. The summed E-state index contributed by atoms with van der Waals surface area (Å²) in [5, 5.41) is 22.1. The van der Waals surface area contributed by atoms with E-state index in [1.165, 1.54) is 19.3 Å². The van der Waals surface area contributed by atoms with Crippen LogP contribution in [0.2, 0.25) is 0 Å². The van der Waals surface area contributed by atoms with Gasteiger partial charge in [0, 0.05) is 24.6 Å². The monoisotopic (exact) mass is 222 g/mol. The molecule has 0 aliphatic heterocycles. The first kappa shape index (κ1) is 11.9. The van der Waals surface area contributed by atoms with Gasteiger partial charge in [-0.05, 0) is 25.7 Å². The average Bonchev–Trinajstić information content (AvgIpc) is 2.96. The lowest BCUT2D eigenvalue weighted by molar-refractivity contribution is 0.123. The van der Waals surface area contributed by atoms with E-state index in [1.54, 1.807) is 0 Å². The van der Waals surface area contributed by atoms with E-state index < -0.39 is 0 Å². The second-order valence-corrected chi connectivity index (χ2v) is 5.52. The van der Waals surface area contributed by atoms with Crippen LogP contribution >= 0.6 is 0 Å². The molecule has 0 aromatic carbocycles. The predicted octanol–water partition coefficient (Wildman–Crippen LogP) is 1.82. The van der Waals surface area contributed by atoms with E-state index in [9.17, 15) is 5.11 Å². The topological polar surface area (TPSA) is 56.0 Å². The molecular weight excluding hydrogens is 200 g/mol. The zero-order valence-electron chi connectivity index (χ0n) is 9.91. The Morgan fingerprint density at radius 1 is 1.25 bits per heavy atom. The highest BCUT2D eigenvalue weighted by Gasteiger charge is 2.35. The van der Waals surface area contributed by atoms with E-state index in [2.05, 4.69) is 11.4 Å². The van der Waals surface area contributed by atoms with Crippen LogP contribution in [0.5, 0.6) is 0 Å². The molecule has 2 unspecified atom stereocenters. The predicted molar refractivity (Wildman–Crippen MR) is 62.7 cm³/mol. The molecule has 90 valence electrons. The first-order valence-electron chi connectivity index (χ1n) is 6.53. The van der Waals surface area contributed by atoms with Crippen LogP contribution in [0.4, 0.5) is 0 Å².